The van der Waals surface area contributed by atoms with Gasteiger partial charge in [0.25, 0.3) is 0 Å². The van der Waals surface area contributed by atoms with Gasteiger partial charge in [0.1, 0.15) is 0 Å². The van der Waals surface area contributed by atoms with Gasteiger partial charge in [-0.25, -0.2) is 0 Å². The van der Waals surface area contributed by atoms with Crippen LogP contribution in [0.15, 0.2) is 34.9 Å². The minimum absolute atomic E-state index is 0.0160. The molecule has 1 N–H and O–H groups in total. The number of carbonyl (C=O) groups excluding carboxylic acids is 4. The number of rotatable bonds is 2. The number of ketones is 3. The number of aliphatic hydroxyl groups excluding tert-OH is 1. The third-order valence-electron chi connectivity index (χ3n) is 16.7. The molecule has 0 unspecified atom stereocenters. The number of allylic oxidation sites excluding steroid dienone is 5. The van der Waals surface area contributed by atoms with Gasteiger partial charge in [-0.2, -0.15) is 0 Å². The molecule has 0 aliphatic heterocycles. The Morgan fingerprint density at radius 3 is 2.08 bits per heavy atom. The van der Waals surface area contributed by atoms with Gasteiger partial charge in [-0.3, -0.25) is 19.2 Å². The molecule has 268 valence electrons. The van der Waals surface area contributed by atoms with Crippen molar-refractivity contribution in [2.24, 2.45) is 57.2 Å². The molecule has 6 heteroatoms. The highest BCUT2D eigenvalue weighted by molar-refractivity contribution is 5.93. The van der Waals surface area contributed by atoms with Gasteiger partial charge in [0, 0.05) is 25.2 Å². The van der Waals surface area contributed by atoms with E-state index in [1.165, 1.54) is 49.3 Å². The highest BCUT2D eigenvalue weighted by Crippen LogP contribution is 2.68. The zero-order valence-corrected chi connectivity index (χ0v) is 31.2. The number of hydrogen-bond donors (Lipinski definition) is 1. The lowest BCUT2D eigenvalue weighted by molar-refractivity contribution is -0.185. The van der Waals surface area contributed by atoms with E-state index in [-0.39, 0.29) is 45.3 Å². The van der Waals surface area contributed by atoms with Gasteiger partial charge in [0.05, 0.1) is 6.10 Å². The van der Waals surface area contributed by atoms with Crippen molar-refractivity contribution in [2.75, 3.05) is 0 Å². The van der Waals surface area contributed by atoms with Crippen LogP contribution in [0.1, 0.15) is 138 Å². The third-order valence-corrected chi connectivity index (χ3v) is 16.7. The molecule has 8 rings (SSSR count). The van der Waals surface area contributed by atoms with E-state index in [2.05, 4.69) is 40.7 Å². The van der Waals surface area contributed by atoms with Gasteiger partial charge in [0.15, 0.2) is 23.0 Å². The summed E-state index contributed by atoms with van der Waals surface area (Å²) in [5.74, 6) is 3.60. The predicted molar refractivity (Wildman–Crippen MR) is 189 cm³/mol. The zero-order valence-electron chi connectivity index (χ0n) is 31.2. The molecule has 49 heavy (non-hydrogen) atoms. The van der Waals surface area contributed by atoms with Crippen LogP contribution in [0.5, 0.6) is 0 Å². The maximum absolute atomic E-state index is 12.8. The van der Waals surface area contributed by atoms with E-state index in [1.807, 2.05) is 12.2 Å². The van der Waals surface area contributed by atoms with Crippen LogP contribution in [0.3, 0.4) is 0 Å². The molecule has 6 nitrogen and oxygen atoms in total. The molecule has 0 spiro atoms. The molecular formula is C43H60O6. The van der Waals surface area contributed by atoms with Crippen LogP contribution in [0.4, 0.5) is 0 Å². The predicted octanol–water partition coefficient (Wildman–Crippen LogP) is 8.45. The molecule has 0 radical (unpaired) electrons. The van der Waals surface area contributed by atoms with Crippen molar-refractivity contribution in [3.63, 3.8) is 0 Å². The lowest BCUT2D eigenvalue weighted by Gasteiger charge is -2.58. The number of esters is 1. The van der Waals surface area contributed by atoms with Gasteiger partial charge in [-0.05, 0) is 160 Å². The van der Waals surface area contributed by atoms with Crippen molar-refractivity contribution < 1.29 is 29.0 Å². The Morgan fingerprint density at radius 2 is 1.39 bits per heavy atom. The van der Waals surface area contributed by atoms with Gasteiger partial charge in [0.2, 0.25) is 0 Å². The number of hydrogen-bond acceptors (Lipinski definition) is 6. The first-order valence-electron chi connectivity index (χ1n) is 19.6. The highest BCUT2D eigenvalue weighted by Gasteiger charge is 2.67. The summed E-state index contributed by atoms with van der Waals surface area (Å²) in [7, 11) is 0. The monoisotopic (exact) mass is 672 g/mol. The fraction of sp³-hybridized carbons (Fsp3) is 0.767. The highest BCUT2D eigenvalue weighted by atomic mass is 16.6. The number of carbonyl (C=O) groups is 4. The molecule has 0 saturated heterocycles. The summed E-state index contributed by atoms with van der Waals surface area (Å²) in [6, 6.07) is 0. The first kappa shape index (κ1) is 35.1. The van der Waals surface area contributed by atoms with Crippen molar-refractivity contribution >= 4 is 23.3 Å². The smallest absolute Gasteiger partial charge is 0.303 e. The minimum atomic E-state index is -0.990. The normalized spacial score (nSPS) is 48.1. The van der Waals surface area contributed by atoms with Crippen LogP contribution in [0.25, 0.3) is 0 Å². The first-order valence-corrected chi connectivity index (χ1v) is 19.6. The Hall–Kier alpha value is -2.34. The van der Waals surface area contributed by atoms with E-state index in [0.29, 0.717) is 42.3 Å². The van der Waals surface area contributed by atoms with E-state index < -0.39 is 5.60 Å². The van der Waals surface area contributed by atoms with Gasteiger partial charge in [-0.15, -0.1) is 0 Å². The minimum Gasteiger partial charge on any atom is -0.451 e. The Bertz CT molecular complexity index is 1550. The zero-order chi connectivity index (χ0) is 35.3. The van der Waals surface area contributed by atoms with E-state index >= 15 is 0 Å². The van der Waals surface area contributed by atoms with Crippen LogP contribution in [-0.4, -0.2) is 40.1 Å². The van der Waals surface area contributed by atoms with Crippen molar-refractivity contribution in [3.05, 3.63) is 34.9 Å². The standard InChI is InChI=1S/C24H32O4.C19H28O2/c1-14-12-18-19(22(4)9-6-17(27)13-21(14)22)7-10-23(5)20(18)8-11-24(23,15(2)25)28-16(3)26;1-18-9-7-13(20)11-12(18)3-4-14-15-5-6-17(21)19(15,2)10-8-16(14)18/h12-13,18-20H,6-11H2,1-5H3;11,14-17,21H,3-10H2,1-2H3/t18-,19+,20+,22-,23+,24+;14-,15-,16-,17-,18-,19-/m10/s1. The molecule has 0 heterocycles. The summed E-state index contributed by atoms with van der Waals surface area (Å²) in [6.45, 7) is 14.4. The van der Waals surface area contributed by atoms with Crippen LogP contribution in [-0.2, 0) is 23.9 Å². The van der Waals surface area contributed by atoms with E-state index in [9.17, 15) is 24.3 Å². The van der Waals surface area contributed by atoms with Crippen molar-refractivity contribution in [1.82, 2.24) is 0 Å². The van der Waals surface area contributed by atoms with Crippen LogP contribution in [0.2, 0.25) is 0 Å². The van der Waals surface area contributed by atoms with Crippen molar-refractivity contribution in [3.8, 4) is 0 Å². The molecule has 8 aliphatic carbocycles. The maximum Gasteiger partial charge on any atom is 0.303 e. The summed E-state index contributed by atoms with van der Waals surface area (Å²) in [6.07, 6.45) is 19.9. The van der Waals surface area contributed by atoms with E-state index in [1.54, 1.807) is 6.92 Å². The Kier molecular flexibility index (Phi) is 8.48. The van der Waals surface area contributed by atoms with Crippen LogP contribution >= 0.6 is 0 Å². The topological polar surface area (TPSA) is 97.7 Å². The fourth-order valence-corrected chi connectivity index (χ4v) is 14.0. The van der Waals surface area contributed by atoms with Crippen LogP contribution < -0.4 is 0 Å². The van der Waals surface area contributed by atoms with Crippen LogP contribution in [0, 0.1) is 57.2 Å². The number of fused-ring (bicyclic) bond motifs is 10. The molecule has 8 aliphatic rings. The summed E-state index contributed by atoms with van der Waals surface area (Å²) in [5, 5.41) is 10.4. The average Bonchev–Trinajstić information content (AvgIpc) is 3.51. The second kappa shape index (κ2) is 11.9. The van der Waals surface area contributed by atoms with Crippen molar-refractivity contribution in [2.45, 2.75) is 150 Å². The fourth-order valence-electron chi connectivity index (χ4n) is 14.0. The molecule has 0 aromatic carbocycles. The second-order valence-electron chi connectivity index (χ2n) is 18.7. The van der Waals surface area contributed by atoms with Crippen molar-refractivity contribution in [1.29, 1.82) is 0 Å². The molecular weight excluding hydrogens is 612 g/mol. The lowest BCUT2D eigenvalue weighted by Crippen LogP contribution is -2.58. The Morgan fingerprint density at radius 1 is 0.735 bits per heavy atom. The molecule has 12 atom stereocenters. The second-order valence-corrected chi connectivity index (χ2v) is 18.7. The number of ether oxygens (including phenoxy) is 1. The molecule has 0 aromatic heterocycles. The quantitative estimate of drug-likeness (QED) is 0.296. The molecule has 5 saturated carbocycles. The third kappa shape index (κ3) is 5.02. The SMILES string of the molecule is CC(=O)O[C@]1(C(C)=O)CC[C@H]2[C@@H]3C=C(C)C4=CC(=O)CC[C@]4(C)[C@H]3CC[C@@]21C.C[C@]12CC[C@H]3[C@@H](CCC4=CC(=O)CC[C@@]43C)[C@@H]1CC[C@@H]2O. The molecule has 0 amide bonds. The first-order chi connectivity index (χ1) is 23.0. The maximum atomic E-state index is 12.8. The summed E-state index contributed by atoms with van der Waals surface area (Å²) in [5.41, 5.74) is 3.04. The number of aliphatic hydroxyl groups is 1. The van der Waals surface area contributed by atoms with Gasteiger partial charge < -0.3 is 9.84 Å². The summed E-state index contributed by atoms with van der Waals surface area (Å²) < 4.78 is 5.82. The Labute approximate surface area is 294 Å². The summed E-state index contributed by atoms with van der Waals surface area (Å²) >= 11 is 0. The molecule has 0 bridgehead atoms. The molecule has 0 aromatic rings. The van der Waals surface area contributed by atoms with Gasteiger partial charge in [-0.1, -0.05) is 44.9 Å². The Balaban J connectivity index is 0.000000160. The van der Waals surface area contributed by atoms with E-state index in [0.717, 1.165) is 63.2 Å². The van der Waals surface area contributed by atoms with E-state index in [4.69, 9.17) is 4.74 Å². The lowest BCUT2D eigenvalue weighted by atomic mass is 9.47. The molecule has 5 fully saturated rings. The number of Topliss-reactive ketones (excluding diaryl/α,β-unsaturated/α-hetero) is 1. The largest absolute Gasteiger partial charge is 0.451 e. The van der Waals surface area contributed by atoms with Gasteiger partial charge >= 0.3 is 5.97 Å². The average molecular weight is 673 g/mol. The summed E-state index contributed by atoms with van der Waals surface area (Å²) in [4.78, 5) is 48.5.